The summed E-state index contributed by atoms with van der Waals surface area (Å²) in [6, 6.07) is 20.8. The van der Waals surface area contributed by atoms with E-state index in [1.165, 1.54) is 5.56 Å². The Kier molecular flexibility index (Phi) is 5.25. The molecular weight excluding hydrogens is 324 g/mol. The molecule has 26 heavy (non-hydrogen) atoms. The van der Waals surface area contributed by atoms with E-state index in [0.717, 1.165) is 5.56 Å². The van der Waals surface area contributed by atoms with Gasteiger partial charge in [0.1, 0.15) is 11.8 Å². The second kappa shape index (κ2) is 7.95. The number of nitrogens with zero attached hydrogens (tertiary/aromatic N) is 2. The normalized spacial score (nSPS) is 10.0. The molecule has 0 spiro atoms. The van der Waals surface area contributed by atoms with E-state index in [1.807, 2.05) is 43.3 Å². The molecule has 0 saturated heterocycles. The molecule has 128 valence electrons. The SMILES string of the molecule is Cc1ccc(CNC(=O)c2cc(Nc3ccccc3C#N)ccn2)cc1. The number of carbonyl (C=O) groups excluding carboxylic acids is 1. The van der Waals surface area contributed by atoms with E-state index in [9.17, 15) is 4.79 Å². The van der Waals surface area contributed by atoms with Crippen LogP contribution >= 0.6 is 0 Å². The van der Waals surface area contributed by atoms with Crippen molar-refractivity contribution < 1.29 is 4.79 Å². The number of aromatic nitrogens is 1. The lowest BCUT2D eigenvalue weighted by Crippen LogP contribution is -2.23. The van der Waals surface area contributed by atoms with Crippen LogP contribution in [0.25, 0.3) is 0 Å². The lowest BCUT2D eigenvalue weighted by atomic mass is 10.1. The number of nitriles is 1. The Labute approximate surface area is 152 Å². The second-order valence-electron chi connectivity index (χ2n) is 5.88. The fourth-order valence-electron chi connectivity index (χ4n) is 2.46. The Morgan fingerprint density at radius 3 is 2.65 bits per heavy atom. The van der Waals surface area contributed by atoms with E-state index in [2.05, 4.69) is 21.7 Å². The van der Waals surface area contributed by atoms with Crippen molar-refractivity contribution in [2.24, 2.45) is 0 Å². The molecule has 0 aliphatic carbocycles. The van der Waals surface area contributed by atoms with E-state index in [4.69, 9.17) is 5.26 Å². The lowest BCUT2D eigenvalue weighted by molar-refractivity contribution is 0.0946. The number of para-hydroxylation sites is 1. The number of hydrogen-bond donors (Lipinski definition) is 2. The van der Waals surface area contributed by atoms with Crippen LogP contribution in [0.15, 0.2) is 66.9 Å². The minimum absolute atomic E-state index is 0.247. The van der Waals surface area contributed by atoms with Crippen LogP contribution in [0.5, 0.6) is 0 Å². The molecule has 0 unspecified atom stereocenters. The highest BCUT2D eigenvalue weighted by Crippen LogP contribution is 2.20. The molecule has 1 heterocycles. The third-order valence-corrected chi connectivity index (χ3v) is 3.89. The largest absolute Gasteiger partial charge is 0.354 e. The van der Waals surface area contributed by atoms with Gasteiger partial charge >= 0.3 is 0 Å². The second-order valence-corrected chi connectivity index (χ2v) is 5.88. The van der Waals surface area contributed by atoms with Crippen LogP contribution in [0, 0.1) is 18.3 Å². The number of nitrogens with one attached hydrogen (secondary N) is 2. The third-order valence-electron chi connectivity index (χ3n) is 3.89. The fourth-order valence-corrected chi connectivity index (χ4v) is 2.46. The molecule has 1 amide bonds. The topological polar surface area (TPSA) is 77.8 Å². The standard InChI is InChI=1S/C21H18N4O/c1-15-6-8-16(9-7-15)14-24-21(26)20-12-18(10-11-23-20)25-19-5-3-2-4-17(19)13-22/h2-12H,14H2,1H3,(H,23,25)(H,24,26). The summed E-state index contributed by atoms with van der Waals surface area (Å²) in [7, 11) is 0. The minimum Gasteiger partial charge on any atom is -0.354 e. The molecule has 5 heteroatoms. The van der Waals surface area contributed by atoms with Crippen LogP contribution in [0.1, 0.15) is 27.2 Å². The van der Waals surface area contributed by atoms with Gasteiger partial charge in [0.2, 0.25) is 0 Å². The van der Waals surface area contributed by atoms with Crippen molar-refractivity contribution in [3.63, 3.8) is 0 Å². The summed E-state index contributed by atoms with van der Waals surface area (Å²) >= 11 is 0. The first-order valence-electron chi connectivity index (χ1n) is 8.21. The molecule has 3 rings (SSSR count). The number of benzene rings is 2. The van der Waals surface area contributed by atoms with Gasteiger partial charge in [0, 0.05) is 18.4 Å². The molecule has 1 aromatic heterocycles. The molecule has 2 N–H and O–H groups in total. The molecule has 0 fully saturated rings. The maximum atomic E-state index is 12.4. The number of pyridine rings is 1. The first-order chi connectivity index (χ1) is 12.7. The van der Waals surface area contributed by atoms with E-state index >= 15 is 0 Å². The summed E-state index contributed by atoms with van der Waals surface area (Å²) in [5, 5.41) is 15.2. The van der Waals surface area contributed by atoms with Crippen LogP contribution in [-0.4, -0.2) is 10.9 Å². The van der Waals surface area contributed by atoms with E-state index in [-0.39, 0.29) is 5.91 Å². The molecule has 0 aliphatic rings. The zero-order valence-electron chi connectivity index (χ0n) is 14.4. The molecule has 0 saturated carbocycles. The summed E-state index contributed by atoms with van der Waals surface area (Å²) in [5.41, 5.74) is 4.45. The first kappa shape index (κ1) is 17.2. The highest BCUT2D eigenvalue weighted by Gasteiger charge is 2.09. The Morgan fingerprint density at radius 2 is 1.88 bits per heavy atom. The van der Waals surface area contributed by atoms with Crippen molar-refractivity contribution in [2.75, 3.05) is 5.32 Å². The number of anilines is 2. The maximum Gasteiger partial charge on any atom is 0.270 e. The Balaban J connectivity index is 1.69. The van der Waals surface area contributed by atoms with Gasteiger partial charge in [-0.3, -0.25) is 9.78 Å². The quantitative estimate of drug-likeness (QED) is 0.736. The maximum absolute atomic E-state index is 12.4. The average molecular weight is 342 g/mol. The van der Waals surface area contributed by atoms with Crippen LogP contribution in [0.4, 0.5) is 11.4 Å². The monoisotopic (exact) mass is 342 g/mol. The molecule has 0 bridgehead atoms. The first-order valence-corrected chi connectivity index (χ1v) is 8.21. The average Bonchev–Trinajstić information content (AvgIpc) is 2.68. The summed E-state index contributed by atoms with van der Waals surface area (Å²) in [5.74, 6) is -0.247. The summed E-state index contributed by atoms with van der Waals surface area (Å²) in [4.78, 5) is 16.5. The predicted molar refractivity (Wildman–Crippen MR) is 101 cm³/mol. The van der Waals surface area contributed by atoms with Gasteiger partial charge in [0.05, 0.1) is 11.3 Å². The summed E-state index contributed by atoms with van der Waals surface area (Å²) in [6.45, 7) is 2.46. The Hall–Kier alpha value is -3.65. The molecule has 5 nitrogen and oxygen atoms in total. The lowest BCUT2D eigenvalue weighted by Gasteiger charge is -2.10. The Morgan fingerprint density at radius 1 is 1.12 bits per heavy atom. The van der Waals surface area contributed by atoms with Crippen LogP contribution in [-0.2, 0) is 6.54 Å². The summed E-state index contributed by atoms with van der Waals surface area (Å²) in [6.07, 6.45) is 1.57. The van der Waals surface area contributed by atoms with Gasteiger partial charge in [0.15, 0.2) is 0 Å². The molecule has 0 radical (unpaired) electrons. The van der Waals surface area contributed by atoms with Crippen molar-refractivity contribution in [3.8, 4) is 6.07 Å². The number of aryl methyl sites for hydroxylation is 1. The fraction of sp³-hybridized carbons (Fsp3) is 0.0952. The zero-order chi connectivity index (χ0) is 18.4. The van der Waals surface area contributed by atoms with Gasteiger partial charge in [-0.2, -0.15) is 5.26 Å². The van der Waals surface area contributed by atoms with E-state index < -0.39 is 0 Å². The van der Waals surface area contributed by atoms with Crippen LogP contribution < -0.4 is 10.6 Å². The van der Waals surface area contributed by atoms with Crippen molar-refractivity contribution in [2.45, 2.75) is 13.5 Å². The molecule has 3 aromatic rings. The highest BCUT2D eigenvalue weighted by atomic mass is 16.1. The molecule has 2 aromatic carbocycles. The van der Waals surface area contributed by atoms with Gasteiger partial charge < -0.3 is 10.6 Å². The van der Waals surface area contributed by atoms with Crippen LogP contribution in [0.2, 0.25) is 0 Å². The van der Waals surface area contributed by atoms with Gasteiger partial charge in [-0.25, -0.2) is 0 Å². The number of rotatable bonds is 5. The third kappa shape index (κ3) is 4.25. The van der Waals surface area contributed by atoms with E-state index in [0.29, 0.717) is 29.2 Å². The molecule has 0 aliphatic heterocycles. The van der Waals surface area contributed by atoms with Crippen molar-refractivity contribution in [1.82, 2.24) is 10.3 Å². The Bertz CT molecular complexity index is 958. The number of carbonyl (C=O) groups is 1. The van der Waals surface area contributed by atoms with Crippen molar-refractivity contribution in [1.29, 1.82) is 5.26 Å². The van der Waals surface area contributed by atoms with E-state index in [1.54, 1.807) is 30.5 Å². The van der Waals surface area contributed by atoms with Crippen LogP contribution in [0.3, 0.4) is 0 Å². The van der Waals surface area contributed by atoms with Gasteiger partial charge in [-0.05, 0) is 36.8 Å². The smallest absolute Gasteiger partial charge is 0.270 e. The number of hydrogen-bond acceptors (Lipinski definition) is 4. The van der Waals surface area contributed by atoms with Gasteiger partial charge in [-0.1, -0.05) is 42.0 Å². The highest BCUT2D eigenvalue weighted by molar-refractivity contribution is 5.93. The van der Waals surface area contributed by atoms with Gasteiger partial charge in [0.25, 0.3) is 5.91 Å². The van der Waals surface area contributed by atoms with Crippen molar-refractivity contribution >= 4 is 17.3 Å². The minimum atomic E-state index is -0.247. The summed E-state index contributed by atoms with van der Waals surface area (Å²) < 4.78 is 0. The van der Waals surface area contributed by atoms with Gasteiger partial charge in [-0.15, -0.1) is 0 Å². The molecular formula is C21H18N4O. The zero-order valence-corrected chi connectivity index (χ0v) is 14.4. The van der Waals surface area contributed by atoms with Crippen molar-refractivity contribution in [3.05, 3.63) is 89.2 Å². The predicted octanol–water partition coefficient (Wildman–Crippen LogP) is 3.94. The molecule has 0 atom stereocenters. The number of amides is 1.